The van der Waals surface area contributed by atoms with Gasteiger partial charge >= 0.3 is 0 Å². The molecule has 0 bridgehead atoms. The lowest BCUT2D eigenvalue weighted by molar-refractivity contribution is 0.580. The van der Waals surface area contributed by atoms with E-state index < -0.39 is 15.8 Å². The van der Waals surface area contributed by atoms with E-state index in [0.717, 1.165) is 16.5 Å². The van der Waals surface area contributed by atoms with Crippen molar-refractivity contribution >= 4 is 20.9 Å². The summed E-state index contributed by atoms with van der Waals surface area (Å²) >= 11 is 0. The Bertz CT molecular complexity index is 1090. The molecule has 7 heteroatoms. The number of nitrogens with one attached hydrogen (secondary N) is 2. The van der Waals surface area contributed by atoms with Crippen molar-refractivity contribution in [1.82, 2.24) is 9.71 Å². The maximum absolute atomic E-state index is 12.9. The van der Waals surface area contributed by atoms with Crippen LogP contribution in [-0.4, -0.2) is 19.9 Å². The maximum Gasteiger partial charge on any atom is 0.251 e. The van der Waals surface area contributed by atoms with Gasteiger partial charge in [0.1, 0.15) is 5.82 Å². The molecule has 0 unspecified atom stereocenters. The van der Waals surface area contributed by atoms with Gasteiger partial charge in [0.05, 0.1) is 5.75 Å². The maximum atomic E-state index is 12.9. The summed E-state index contributed by atoms with van der Waals surface area (Å²) in [6.07, 6.45) is 0.280. The van der Waals surface area contributed by atoms with Gasteiger partial charge in [-0.25, -0.2) is 17.5 Å². The SMILES string of the molecule is Cc1ccc2cc(CCNS(=O)(=O)Cc3ccc(F)cc3)c(=O)[nH]c2c1. The third kappa shape index (κ3) is 4.56. The molecule has 136 valence electrons. The highest BCUT2D eigenvalue weighted by molar-refractivity contribution is 7.88. The van der Waals surface area contributed by atoms with Gasteiger partial charge in [-0.2, -0.15) is 0 Å². The monoisotopic (exact) mass is 374 g/mol. The number of pyridine rings is 1. The number of rotatable bonds is 6. The molecule has 0 saturated heterocycles. The molecule has 1 heterocycles. The van der Waals surface area contributed by atoms with Gasteiger partial charge in [0, 0.05) is 17.6 Å². The third-order valence-corrected chi connectivity index (χ3v) is 5.42. The molecule has 0 amide bonds. The first-order chi connectivity index (χ1) is 12.3. The molecule has 0 aliphatic heterocycles. The first-order valence-electron chi connectivity index (χ1n) is 8.17. The average Bonchev–Trinajstić information content (AvgIpc) is 2.57. The van der Waals surface area contributed by atoms with E-state index in [1.165, 1.54) is 24.3 Å². The second-order valence-electron chi connectivity index (χ2n) is 6.24. The number of benzene rings is 2. The zero-order valence-electron chi connectivity index (χ0n) is 14.3. The fraction of sp³-hybridized carbons (Fsp3) is 0.211. The molecule has 5 nitrogen and oxygen atoms in total. The predicted molar refractivity (Wildman–Crippen MR) is 100 cm³/mol. The minimum Gasteiger partial charge on any atom is -0.322 e. The summed E-state index contributed by atoms with van der Waals surface area (Å²) in [4.78, 5) is 15.0. The Hall–Kier alpha value is -2.51. The highest BCUT2D eigenvalue weighted by Gasteiger charge is 2.12. The van der Waals surface area contributed by atoms with Crippen LogP contribution >= 0.6 is 0 Å². The zero-order valence-corrected chi connectivity index (χ0v) is 15.1. The number of H-pyrrole nitrogens is 1. The Balaban J connectivity index is 1.66. The molecule has 3 aromatic rings. The number of halogens is 1. The molecule has 0 atom stereocenters. The number of aromatic amines is 1. The Morgan fingerprint density at radius 2 is 1.81 bits per heavy atom. The molecule has 26 heavy (non-hydrogen) atoms. The van der Waals surface area contributed by atoms with Crippen LogP contribution in [0.1, 0.15) is 16.7 Å². The first kappa shape index (κ1) is 18.3. The lowest BCUT2D eigenvalue weighted by atomic mass is 10.1. The Morgan fingerprint density at radius 1 is 1.08 bits per heavy atom. The van der Waals surface area contributed by atoms with E-state index >= 15 is 0 Å². The molecule has 2 N–H and O–H groups in total. The number of hydrogen-bond acceptors (Lipinski definition) is 3. The minimum absolute atomic E-state index is 0.115. The first-order valence-corrected chi connectivity index (χ1v) is 9.82. The normalized spacial score (nSPS) is 11.8. The number of fused-ring (bicyclic) bond motifs is 1. The van der Waals surface area contributed by atoms with Crippen molar-refractivity contribution in [2.75, 3.05) is 6.54 Å². The van der Waals surface area contributed by atoms with Crippen LogP contribution in [0, 0.1) is 12.7 Å². The Labute approximate surface area is 150 Å². The number of sulfonamides is 1. The van der Waals surface area contributed by atoms with Crippen LogP contribution in [0.4, 0.5) is 4.39 Å². The predicted octanol–water partition coefficient (Wildman–Crippen LogP) is 2.64. The van der Waals surface area contributed by atoms with Crippen molar-refractivity contribution in [3.63, 3.8) is 0 Å². The van der Waals surface area contributed by atoms with Crippen molar-refractivity contribution in [2.45, 2.75) is 19.1 Å². The van der Waals surface area contributed by atoms with E-state index in [1.54, 1.807) is 6.07 Å². The Morgan fingerprint density at radius 3 is 2.54 bits per heavy atom. The van der Waals surface area contributed by atoms with Crippen molar-refractivity contribution in [3.8, 4) is 0 Å². The van der Waals surface area contributed by atoms with E-state index in [4.69, 9.17) is 0 Å². The van der Waals surface area contributed by atoms with E-state index in [0.29, 0.717) is 11.1 Å². The van der Waals surface area contributed by atoms with Gasteiger partial charge in [0.15, 0.2) is 0 Å². The third-order valence-electron chi connectivity index (χ3n) is 4.06. The van der Waals surface area contributed by atoms with Crippen LogP contribution in [0.25, 0.3) is 10.9 Å². The molecule has 0 aliphatic carbocycles. The fourth-order valence-corrected chi connectivity index (χ4v) is 3.88. The zero-order chi connectivity index (χ0) is 18.7. The standard InChI is InChI=1S/C19H19FN2O3S/c1-13-2-5-15-11-16(19(23)22-18(15)10-13)8-9-21-26(24,25)12-14-3-6-17(20)7-4-14/h2-7,10-11,21H,8-9,12H2,1H3,(H,22,23). The fourth-order valence-electron chi connectivity index (χ4n) is 2.74. The van der Waals surface area contributed by atoms with Crippen LogP contribution in [0.2, 0.25) is 0 Å². The molecule has 0 aliphatic rings. The van der Waals surface area contributed by atoms with Gasteiger partial charge in [-0.05, 0) is 54.1 Å². The summed E-state index contributed by atoms with van der Waals surface area (Å²) in [6.45, 7) is 2.06. The van der Waals surface area contributed by atoms with Gasteiger partial charge in [-0.15, -0.1) is 0 Å². The van der Waals surface area contributed by atoms with Crippen LogP contribution in [0.15, 0.2) is 53.3 Å². The summed E-state index contributed by atoms with van der Waals surface area (Å²) in [5.74, 6) is -0.648. The summed E-state index contributed by atoms with van der Waals surface area (Å²) < 4.78 is 39.6. The van der Waals surface area contributed by atoms with Crippen molar-refractivity contribution in [3.05, 3.63) is 81.4 Å². The highest BCUT2D eigenvalue weighted by Crippen LogP contribution is 2.13. The topological polar surface area (TPSA) is 79.0 Å². The van der Waals surface area contributed by atoms with Crippen LogP contribution < -0.4 is 10.3 Å². The largest absolute Gasteiger partial charge is 0.322 e. The second kappa shape index (κ2) is 7.39. The summed E-state index contributed by atoms with van der Waals surface area (Å²) in [6, 6.07) is 12.9. The van der Waals surface area contributed by atoms with Gasteiger partial charge in [-0.1, -0.05) is 24.3 Å². The molecular weight excluding hydrogens is 355 g/mol. The van der Waals surface area contributed by atoms with Gasteiger partial charge in [0.25, 0.3) is 5.56 Å². The molecule has 0 fully saturated rings. The molecule has 2 aromatic carbocycles. The molecule has 3 rings (SSSR count). The van der Waals surface area contributed by atoms with Gasteiger partial charge in [-0.3, -0.25) is 4.79 Å². The molecular formula is C19H19FN2O3S. The Kier molecular flexibility index (Phi) is 5.20. The smallest absolute Gasteiger partial charge is 0.251 e. The molecule has 0 radical (unpaired) electrons. The number of hydrogen-bond donors (Lipinski definition) is 2. The van der Waals surface area contributed by atoms with E-state index in [1.807, 2.05) is 25.1 Å². The summed E-state index contributed by atoms with van der Waals surface area (Å²) in [7, 11) is -3.56. The van der Waals surface area contributed by atoms with Crippen LogP contribution in [-0.2, 0) is 22.2 Å². The lowest BCUT2D eigenvalue weighted by Crippen LogP contribution is -2.28. The highest BCUT2D eigenvalue weighted by atomic mass is 32.2. The van der Waals surface area contributed by atoms with Crippen molar-refractivity contribution < 1.29 is 12.8 Å². The van der Waals surface area contributed by atoms with E-state index in [-0.39, 0.29) is 24.3 Å². The molecule has 0 spiro atoms. The summed E-state index contributed by atoms with van der Waals surface area (Å²) in [5, 5.41) is 0.902. The second-order valence-corrected chi connectivity index (χ2v) is 8.05. The molecule has 1 aromatic heterocycles. The summed E-state index contributed by atoms with van der Waals surface area (Å²) in [5.41, 5.74) is 2.61. The van der Waals surface area contributed by atoms with Gasteiger partial charge in [0.2, 0.25) is 10.0 Å². The van der Waals surface area contributed by atoms with Gasteiger partial charge < -0.3 is 4.98 Å². The van der Waals surface area contributed by atoms with Crippen LogP contribution in [0.3, 0.4) is 0 Å². The van der Waals surface area contributed by atoms with Crippen molar-refractivity contribution in [2.24, 2.45) is 0 Å². The minimum atomic E-state index is -3.56. The van der Waals surface area contributed by atoms with E-state index in [9.17, 15) is 17.6 Å². The van der Waals surface area contributed by atoms with Crippen LogP contribution in [0.5, 0.6) is 0 Å². The van der Waals surface area contributed by atoms with E-state index in [2.05, 4.69) is 9.71 Å². The van der Waals surface area contributed by atoms with Crippen molar-refractivity contribution in [1.29, 1.82) is 0 Å². The molecule has 0 saturated carbocycles. The number of aryl methyl sites for hydroxylation is 1. The average molecular weight is 374 g/mol. The quantitative estimate of drug-likeness (QED) is 0.696. The lowest BCUT2D eigenvalue weighted by Gasteiger charge is -2.08. The number of aromatic nitrogens is 1.